The predicted molar refractivity (Wildman–Crippen MR) is 99.5 cm³/mol. The minimum atomic E-state index is -1.59. The Balaban J connectivity index is 1.52. The Hall–Kier alpha value is -1.31. The molecule has 9 atom stereocenters. The number of fused-ring (bicyclic) bond motifs is 3. The third-order valence-electron chi connectivity index (χ3n) is 9.02. The van der Waals surface area contributed by atoms with E-state index in [0.29, 0.717) is 25.7 Å². The Bertz CT molecular complexity index is 790. The van der Waals surface area contributed by atoms with Gasteiger partial charge in [-0.25, -0.2) is 4.79 Å². The number of ether oxygens (including phenoxy) is 2. The Labute approximate surface area is 170 Å². The minimum absolute atomic E-state index is 0.102. The average Bonchev–Trinajstić information content (AvgIpc) is 2.93. The molecule has 0 aromatic rings. The molecular formula is C22H30O7. The van der Waals surface area contributed by atoms with E-state index in [1.54, 1.807) is 6.92 Å². The highest BCUT2D eigenvalue weighted by atomic mass is 16.6. The number of aliphatic hydroxyl groups excluding tert-OH is 1. The number of carbonyl (C=O) groups excluding carboxylic acids is 3. The van der Waals surface area contributed by atoms with Crippen LogP contribution in [0.1, 0.15) is 52.9 Å². The van der Waals surface area contributed by atoms with Crippen molar-refractivity contribution in [1.82, 2.24) is 0 Å². The highest BCUT2D eigenvalue weighted by Gasteiger charge is 2.73. The van der Waals surface area contributed by atoms with Crippen LogP contribution < -0.4 is 0 Å². The lowest BCUT2D eigenvalue weighted by Gasteiger charge is -2.66. The first-order valence-electron chi connectivity index (χ1n) is 10.8. The summed E-state index contributed by atoms with van der Waals surface area (Å²) < 4.78 is 11.3. The zero-order valence-corrected chi connectivity index (χ0v) is 17.2. The summed E-state index contributed by atoms with van der Waals surface area (Å²) in [7, 11) is 0. The highest BCUT2D eigenvalue weighted by molar-refractivity contribution is 5.95. The SMILES string of the molecule is C[C@@H]1C[C@](O)([C@@H]2CC[C@@H]3[C@@H](C2)C(=O)[C@@H](O)[C@@H]2C(C)(C)[C@H]4CC(=O)[C@@]32CO4)C(=O)O1. The van der Waals surface area contributed by atoms with E-state index in [9.17, 15) is 24.6 Å². The van der Waals surface area contributed by atoms with Crippen molar-refractivity contribution in [1.29, 1.82) is 0 Å². The van der Waals surface area contributed by atoms with Crippen LogP contribution in [0.5, 0.6) is 0 Å². The fourth-order valence-electron chi connectivity index (χ4n) is 7.67. The fraction of sp³-hybridized carbons (Fsp3) is 0.864. The molecule has 3 heterocycles. The van der Waals surface area contributed by atoms with Gasteiger partial charge < -0.3 is 19.7 Å². The fourth-order valence-corrected chi connectivity index (χ4v) is 7.67. The van der Waals surface area contributed by atoms with Gasteiger partial charge in [0.25, 0.3) is 0 Å². The van der Waals surface area contributed by atoms with E-state index >= 15 is 0 Å². The predicted octanol–water partition coefficient (Wildman–Crippen LogP) is 1.03. The molecule has 3 aliphatic carbocycles. The van der Waals surface area contributed by atoms with E-state index in [4.69, 9.17) is 9.47 Å². The summed E-state index contributed by atoms with van der Waals surface area (Å²) in [5.41, 5.74) is -2.91. The molecule has 0 radical (unpaired) electrons. The van der Waals surface area contributed by atoms with Gasteiger partial charge in [-0.05, 0) is 43.4 Å². The molecule has 2 bridgehead atoms. The van der Waals surface area contributed by atoms with Gasteiger partial charge >= 0.3 is 5.97 Å². The summed E-state index contributed by atoms with van der Waals surface area (Å²) in [6.07, 6.45) is 0.103. The Morgan fingerprint density at radius 3 is 2.48 bits per heavy atom. The van der Waals surface area contributed by atoms with E-state index in [-0.39, 0.29) is 42.7 Å². The van der Waals surface area contributed by atoms with Gasteiger partial charge in [0, 0.05) is 24.7 Å². The Morgan fingerprint density at radius 2 is 1.86 bits per heavy atom. The summed E-state index contributed by atoms with van der Waals surface area (Å²) in [4.78, 5) is 38.9. The highest BCUT2D eigenvalue weighted by Crippen LogP contribution is 2.65. The van der Waals surface area contributed by atoms with Crippen LogP contribution in [0.3, 0.4) is 0 Å². The first kappa shape index (κ1) is 19.6. The number of Topliss-reactive ketones (excluding diaryl/α,β-unsaturated/α-hetero) is 2. The molecule has 3 saturated carbocycles. The van der Waals surface area contributed by atoms with Gasteiger partial charge in [0.2, 0.25) is 0 Å². The molecule has 3 aliphatic heterocycles. The molecule has 6 rings (SSSR count). The van der Waals surface area contributed by atoms with E-state index in [1.807, 2.05) is 13.8 Å². The monoisotopic (exact) mass is 406 g/mol. The second-order valence-electron chi connectivity index (χ2n) is 10.7. The van der Waals surface area contributed by atoms with Crippen LogP contribution in [0, 0.1) is 34.5 Å². The molecule has 29 heavy (non-hydrogen) atoms. The van der Waals surface area contributed by atoms with Crippen molar-refractivity contribution in [3.63, 3.8) is 0 Å². The smallest absolute Gasteiger partial charge is 0.338 e. The van der Waals surface area contributed by atoms with Gasteiger partial charge in [0.1, 0.15) is 18.0 Å². The Kier molecular flexibility index (Phi) is 3.99. The minimum Gasteiger partial charge on any atom is -0.460 e. The van der Waals surface area contributed by atoms with Gasteiger partial charge in [-0.2, -0.15) is 0 Å². The van der Waals surface area contributed by atoms with Crippen LogP contribution in [0.4, 0.5) is 0 Å². The second-order valence-corrected chi connectivity index (χ2v) is 10.7. The van der Waals surface area contributed by atoms with E-state index in [0.717, 1.165) is 0 Å². The van der Waals surface area contributed by atoms with Crippen molar-refractivity contribution in [2.75, 3.05) is 6.61 Å². The molecule has 7 heteroatoms. The van der Waals surface area contributed by atoms with E-state index in [1.165, 1.54) is 0 Å². The van der Waals surface area contributed by atoms with Crippen molar-refractivity contribution < 1.29 is 34.1 Å². The lowest BCUT2D eigenvalue weighted by Crippen LogP contribution is -2.74. The summed E-state index contributed by atoms with van der Waals surface area (Å²) in [5.74, 6) is -2.38. The van der Waals surface area contributed by atoms with E-state index < -0.39 is 46.3 Å². The van der Waals surface area contributed by atoms with Gasteiger partial charge in [0.15, 0.2) is 11.4 Å². The number of aliphatic hydroxyl groups is 2. The third kappa shape index (κ3) is 2.27. The number of carbonyl (C=O) groups is 3. The van der Waals surface area contributed by atoms with Crippen LogP contribution in [-0.2, 0) is 23.9 Å². The molecule has 1 spiro atoms. The maximum absolute atomic E-state index is 13.3. The Morgan fingerprint density at radius 1 is 1.14 bits per heavy atom. The standard InChI is InChI=1S/C22H30O7/c1-10-8-22(27,19(26)29-10)11-4-5-13-12(6-11)16(24)17(25)18-20(2,3)15-7-14(23)21(13,18)9-28-15/h10-13,15,17-18,25,27H,4-9H2,1-3H3/t10-,11-,12-,13-,15-,17-,18-,21-,22+/m1/s1. The van der Waals surface area contributed by atoms with Crippen LogP contribution in [0.2, 0.25) is 0 Å². The lowest BCUT2D eigenvalue weighted by atomic mass is 9.40. The van der Waals surface area contributed by atoms with Crippen molar-refractivity contribution in [3.8, 4) is 0 Å². The number of hydrogen-bond donors (Lipinski definition) is 2. The first-order chi connectivity index (χ1) is 13.5. The quantitative estimate of drug-likeness (QED) is 0.626. The number of hydrogen-bond acceptors (Lipinski definition) is 7. The van der Waals surface area contributed by atoms with Crippen molar-refractivity contribution in [2.45, 2.75) is 76.8 Å². The van der Waals surface area contributed by atoms with Gasteiger partial charge in [0.05, 0.1) is 18.1 Å². The van der Waals surface area contributed by atoms with Crippen LogP contribution in [0.25, 0.3) is 0 Å². The molecule has 0 amide bonds. The molecule has 0 unspecified atom stereocenters. The number of esters is 1. The zero-order valence-electron chi connectivity index (χ0n) is 17.2. The number of rotatable bonds is 1. The largest absolute Gasteiger partial charge is 0.460 e. The second kappa shape index (κ2) is 5.89. The topological polar surface area (TPSA) is 110 Å². The summed E-state index contributed by atoms with van der Waals surface area (Å²) in [6.45, 7) is 5.98. The van der Waals surface area contributed by atoms with Crippen LogP contribution >= 0.6 is 0 Å². The van der Waals surface area contributed by atoms with Gasteiger partial charge in [-0.3, -0.25) is 9.59 Å². The average molecular weight is 406 g/mol. The van der Waals surface area contributed by atoms with Gasteiger partial charge in [-0.1, -0.05) is 13.8 Å². The van der Waals surface area contributed by atoms with Gasteiger partial charge in [-0.15, -0.1) is 0 Å². The molecule has 3 saturated heterocycles. The third-order valence-corrected chi connectivity index (χ3v) is 9.02. The lowest BCUT2D eigenvalue weighted by molar-refractivity contribution is -0.263. The zero-order chi connectivity index (χ0) is 20.9. The van der Waals surface area contributed by atoms with Crippen LogP contribution in [-0.4, -0.2) is 58.3 Å². The van der Waals surface area contributed by atoms with Crippen molar-refractivity contribution >= 4 is 17.5 Å². The summed E-state index contributed by atoms with van der Waals surface area (Å²) in [6, 6.07) is 0. The summed E-state index contributed by atoms with van der Waals surface area (Å²) >= 11 is 0. The van der Waals surface area contributed by atoms with Crippen LogP contribution in [0.15, 0.2) is 0 Å². The molecule has 0 aromatic heterocycles. The molecule has 160 valence electrons. The molecule has 7 nitrogen and oxygen atoms in total. The number of ketones is 2. The van der Waals surface area contributed by atoms with Crippen molar-refractivity contribution in [3.05, 3.63) is 0 Å². The summed E-state index contributed by atoms with van der Waals surface area (Å²) in [5, 5.41) is 22.1. The van der Waals surface area contributed by atoms with Crippen molar-refractivity contribution in [2.24, 2.45) is 34.5 Å². The first-order valence-corrected chi connectivity index (χ1v) is 10.8. The maximum Gasteiger partial charge on any atom is 0.338 e. The maximum atomic E-state index is 13.3. The normalized spacial score (nSPS) is 53.4. The molecular weight excluding hydrogens is 376 g/mol. The molecule has 0 aromatic carbocycles. The molecule has 2 N–H and O–H groups in total. The molecule has 6 fully saturated rings. The molecule has 6 aliphatic rings. The number of cyclic esters (lactones) is 1. The van der Waals surface area contributed by atoms with E-state index in [2.05, 4.69) is 0 Å².